The molecule has 6 aliphatic heterocycles. The fraction of sp³-hybridized carbons (Fsp3) is 0.882. The first kappa shape index (κ1) is 45.9. The van der Waals surface area contributed by atoms with E-state index in [0.717, 1.165) is 85.1 Å². The molecule has 0 spiro atoms. The van der Waals surface area contributed by atoms with Crippen LogP contribution in [0.1, 0.15) is 57.8 Å². The molecule has 0 aliphatic carbocycles. The van der Waals surface area contributed by atoms with Gasteiger partial charge in [-0.15, -0.1) is 50.8 Å². The van der Waals surface area contributed by atoms with Gasteiger partial charge in [0.25, 0.3) is 0 Å². The summed E-state index contributed by atoms with van der Waals surface area (Å²) in [5.74, 6) is 0. The van der Waals surface area contributed by atoms with E-state index in [1.807, 2.05) is 12.3 Å². The quantitative estimate of drug-likeness (QED) is 0.277. The normalized spacial score (nSPS) is 30.7. The van der Waals surface area contributed by atoms with Crippen molar-refractivity contribution in [2.45, 2.75) is 94.3 Å². The van der Waals surface area contributed by atoms with Crippen LogP contribution in [0.5, 0.6) is 0 Å². The number of nitrogens with zero attached hydrogens (tertiary/aromatic N) is 10. The number of likely N-dealkylation sites (N-methyl/N-ethyl adjacent to an activating group) is 2. The van der Waals surface area contributed by atoms with Crippen molar-refractivity contribution >= 4 is 0 Å². The van der Waals surface area contributed by atoms with Gasteiger partial charge in [0, 0.05) is 34.1 Å². The minimum Gasteiger partial charge on any atom is -0.684 e. The zero-order chi connectivity index (χ0) is 30.4. The summed E-state index contributed by atoms with van der Waals surface area (Å²) in [5, 5.41) is 28.6. The van der Waals surface area contributed by atoms with Gasteiger partial charge in [0.05, 0.1) is 0 Å². The van der Waals surface area contributed by atoms with Crippen molar-refractivity contribution in [3.8, 4) is 0 Å². The van der Waals surface area contributed by atoms with Gasteiger partial charge in [-0.25, -0.2) is 0 Å². The third kappa shape index (κ3) is 16.0. The van der Waals surface area contributed by atoms with E-state index in [2.05, 4.69) is 51.2 Å². The third-order valence-corrected chi connectivity index (χ3v) is 10.1. The molecular weight excluding hydrogens is 690 g/mol. The van der Waals surface area contributed by atoms with Crippen molar-refractivity contribution in [2.24, 2.45) is 0 Å². The zero-order valence-corrected chi connectivity index (χ0v) is 31.9. The molecule has 0 bridgehead atoms. The fourth-order valence-electron chi connectivity index (χ4n) is 7.35. The average molecular weight is 755 g/mol. The molecule has 0 amide bonds. The van der Waals surface area contributed by atoms with E-state index in [-0.39, 0.29) is 51.1 Å². The molecule has 6 unspecified atom stereocenters. The molecule has 0 aromatic carbocycles. The van der Waals surface area contributed by atoms with Gasteiger partial charge in [0.1, 0.15) is 0 Å². The number of allylic oxidation sites excluding steroid dienone is 2. The minimum absolute atomic E-state index is 0. The molecule has 6 heterocycles. The maximum atomic E-state index is 4.84. The Labute approximate surface area is 313 Å². The smallest absolute Gasteiger partial charge is 0 e. The number of hydrogen-bond acceptors (Lipinski definition) is 4. The maximum absolute atomic E-state index is 4.84. The van der Waals surface area contributed by atoms with Crippen molar-refractivity contribution in [1.82, 2.24) is 19.6 Å². The molecule has 6 atom stereocenters. The van der Waals surface area contributed by atoms with E-state index < -0.39 is 0 Å². The Hall–Kier alpha value is -0.121. The van der Waals surface area contributed by atoms with E-state index in [4.69, 9.17) is 26.6 Å². The van der Waals surface area contributed by atoms with Crippen LogP contribution in [0.25, 0.3) is 31.9 Å². The number of rotatable bonds is 12. The summed E-state index contributed by atoms with van der Waals surface area (Å²) in [5.41, 5.74) is 0. The van der Waals surface area contributed by atoms with Crippen LogP contribution in [0, 0.1) is 0 Å². The second kappa shape index (κ2) is 25.8. The first-order chi connectivity index (χ1) is 21.6. The number of piperidine rings is 3. The van der Waals surface area contributed by atoms with Gasteiger partial charge < -0.3 is 62.5 Å². The molecule has 6 aliphatic rings. The maximum Gasteiger partial charge on any atom is 0 e. The monoisotopic (exact) mass is 754 g/mol. The first-order valence-corrected chi connectivity index (χ1v) is 17.8. The second-order valence-corrected chi connectivity index (χ2v) is 13.8. The van der Waals surface area contributed by atoms with Crippen LogP contribution in [-0.2, 0) is 34.1 Å². The largest absolute Gasteiger partial charge is 0.684 e. The van der Waals surface area contributed by atoms with E-state index >= 15 is 0 Å². The van der Waals surface area contributed by atoms with Crippen LogP contribution in [0.4, 0.5) is 0 Å². The molecule has 2 radical (unpaired) electrons. The molecule has 12 nitrogen and oxygen atoms in total. The Morgan fingerprint density at radius 1 is 0.542 bits per heavy atom. The van der Waals surface area contributed by atoms with Crippen LogP contribution in [-0.4, -0.2) is 166 Å². The molecule has 0 aromatic rings. The van der Waals surface area contributed by atoms with Crippen molar-refractivity contribution in [1.29, 1.82) is 0 Å². The topological polar surface area (TPSA) is 161 Å². The minimum atomic E-state index is 0. The first-order valence-electron chi connectivity index (χ1n) is 17.8. The van der Waals surface area contributed by atoms with Gasteiger partial charge in [-0.3, -0.25) is 0 Å². The predicted molar refractivity (Wildman–Crippen MR) is 192 cm³/mol. The van der Waals surface area contributed by atoms with E-state index in [1.54, 1.807) is 0 Å². The summed E-state index contributed by atoms with van der Waals surface area (Å²) in [7, 11) is 4.38. The summed E-state index contributed by atoms with van der Waals surface area (Å²) in [6, 6.07) is 1.87. The molecule has 5 fully saturated rings. The van der Waals surface area contributed by atoms with Crippen LogP contribution in [0.3, 0.4) is 0 Å². The van der Waals surface area contributed by atoms with Gasteiger partial charge in [-0.1, -0.05) is 94.4 Å². The molecule has 0 aromatic heterocycles. The van der Waals surface area contributed by atoms with Gasteiger partial charge in [0.2, 0.25) is 0 Å². The van der Waals surface area contributed by atoms with E-state index in [9.17, 15) is 0 Å². The third-order valence-electron chi connectivity index (χ3n) is 10.1. The van der Waals surface area contributed by atoms with E-state index in [0.29, 0.717) is 30.5 Å². The van der Waals surface area contributed by atoms with Crippen molar-refractivity contribution in [3.05, 3.63) is 56.3 Å². The SMILES string of the molecule is CN1CC[N-]C1CN(CC1C=CC=C[N-]1)CC1CCCC[N-]1.CN1CC[N-]C1CN(CC1CCCC[N-]1)CC1CCCC[N-]1.O.O.[Mn].[Mn]. The van der Waals surface area contributed by atoms with Gasteiger partial charge in [0.15, 0.2) is 0 Å². The van der Waals surface area contributed by atoms with Gasteiger partial charge >= 0.3 is 0 Å². The van der Waals surface area contributed by atoms with Crippen LogP contribution >= 0.6 is 0 Å². The summed E-state index contributed by atoms with van der Waals surface area (Å²) >= 11 is 0. The van der Waals surface area contributed by atoms with Crippen molar-refractivity contribution in [2.75, 3.05) is 99.2 Å². The Bertz CT molecular complexity index is 840. The average Bonchev–Trinajstić information content (AvgIpc) is 3.66. The predicted octanol–water partition coefficient (Wildman–Crippen LogP) is 3.82. The van der Waals surface area contributed by atoms with Gasteiger partial charge in [-0.05, 0) is 66.5 Å². The summed E-state index contributed by atoms with van der Waals surface area (Å²) in [4.78, 5) is 9.91. The summed E-state index contributed by atoms with van der Waals surface area (Å²) in [6.45, 7) is 13.7. The Morgan fingerprint density at radius 2 is 0.979 bits per heavy atom. The molecular formula is C34H64Mn2N10O2-6. The standard InChI is InChI=1S/C17H32N5.C17H28N5.2Mn.2H2O/c2*1-21-11-10-20-17(21)14-22(12-15-6-2-4-8-18-15)13-16-7-3-5-9-19-16;;;;/h15-17H,2-14H2,1H3;2,4,6,8,15-17H,3,5,7,9-14H2,1H3;;;2*1H2/q2*-3;;;;. The van der Waals surface area contributed by atoms with Crippen LogP contribution in [0.2, 0.25) is 0 Å². The number of hydrogen-bond donors (Lipinski definition) is 0. The summed E-state index contributed by atoms with van der Waals surface area (Å²) in [6.07, 6.45) is 20.6. The molecule has 0 saturated carbocycles. The Kier molecular flexibility index (Phi) is 24.6. The van der Waals surface area contributed by atoms with Crippen molar-refractivity contribution < 1.29 is 45.1 Å². The van der Waals surface area contributed by atoms with E-state index in [1.165, 1.54) is 57.8 Å². The Morgan fingerprint density at radius 3 is 1.31 bits per heavy atom. The van der Waals surface area contributed by atoms with Crippen LogP contribution in [0.15, 0.2) is 24.4 Å². The molecule has 5 saturated heterocycles. The fourth-order valence-corrected chi connectivity index (χ4v) is 7.35. The second-order valence-electron chi connectivity index (χ2n) is 13.8. The molecule has 4 N–H and O–H groups in total. The van der Waals surface area contributed by atoms with Gasteiger partial charge in [-0.2, -0.15) is 6.20 Å². The molecule has 14 heteroatoms. The molecule has 6 rings (SSSR count). The van der Waals surface area contributed by atoms with Crippen molar-refractivity contribution in [3.63, 3.8) is 0 Å². The summed E-state index contributed by atoms with van der Waals surface area (Å²) < 4.78 is 0. The van der Waals surface area contributed by atoms with Crippen LogP contribution < -0.4 is 0 Å². The zero-order valence-electron chi connectivity index (χ0n) is 29.6. The molecule has 282 valence electrons. The molecule has 48 heavy (non-hydrogen) atoms. The Balaban J connectivity index is 0.000000443.